The molecule has 2 amide bonds. The maximum atomic E-state index is 13.0. The fraction of sp³-hybridized carbons (Fsp3) is 0.273. The van der Waals surface area contributed by atoms with Crippen LogP contribution in [0.2, 0.25) is 0 Å². The van der Waals surface area contributed by atoms with Crippen molar-refractivity contribution in [3.63, 3.8) is 0 Å². The predicted octanol–water partition coefficient (Wildman–Crippen LogP) is 5.50. The average Bonchev–Trinajstić information content (AvgIpc) is 2.99. The van der Waals surface area contributed by atoms with E-state index in [1.165, 1.54) is 24.3 Å². The Kier molecular flexibility index (Phi) is 7.97. The molecule has 0 atom stereocenters. The van der Waals surface area contributed by atoms with E-state index < -0.39 is 0 Å². The van der Waals surface area contributed by atoms with Crippen LogP contribution in [0, 0.1) is 5.82 Å². The minimum Gasteiger partial charge on any atom is -0.492 e. The average molecular weight is 510 g/mol. The van der Waals surface area contributed by atoms with Crippen LogP contribution in [0.15, 0.2) is 45.8 Å². The lowest BCUT2D eigenvalue weighted by molar-refractivity contribution is -0.123. The number of carbonyl (C=O) groups is 2. The highest BCUT2D eigenvalue weighted by Gasteiger charge is 2.34. The first-order valence-electron chi connectivity index (χ1n) is 9.65. The van der Waals surface area contributed by atoms with Gasteiger partial charge in [-0.15, -0.1) is 0 Å². The van der Waals surface area contributed by atoms with Crippen LogP contribution >= 0.6 is 27.7 Å². The van der Waals surface area contributed by atoms with E-state index in [2.05, 4.69) is 15.9 Å². The van der Waals surface area contributed by atoms with Gasteiger partial charge in [-0.1, -0.05) is 0 Å². The van der Waals surface area contributed by atoms with Gasteiger partial charge in [0.2, 0.25) is 0 Å². The van der Waals surface area contributed by atoms with Gasteiger partial charge in [0.15, 0.2) is 11.5 Å². The molecule has 2 aromatic rings. The third kappa shape index (κ3) is 5.80. The minimum absolute atomic E-state index is 0.0938. The lowest BCUT2D eigenvalue weighted by Gasteiger charge is -2.14. The van der Waals surface area contributed by atoms with E-state index in [0.29, 0.717) is 45.4 Å². The first-order chi connectivity index (χ1) is 14.9. The van der Waals surface area contributed by atoms with Gasteiger partial charge in [-0.25, -0.2) is 4.39 Å². The van der Waals surface area contributed by atoms with Gasteiger partial charge in [0.1, 0.15) is 18.2 Å². The van der Waals surface area contributed by atoms with Crippen LogP contribution in [0.4, 0.5) is 9.18 Å². The standard InChI is InChI=1S/C22H21BrFNO5S/c1-3-28-18-12-14(11-17(23)20(18)29-4-2)13-19-21(26)25(22(27)31-19)9-10-30-16-7-5-15(24)6-8-16/h5-8,11-13H,3-4,9-10H2,1-2H3/b19-13-. The second-order valence-electron chi connectivity index (χ2n) is 6.33. The minimum atomic E-state index is -0.388. The molecule has 0 unspecified atom stereocenters. The molecule has 1 fully saturated rings. The second-order valence-corrected chi connectivity index (χ2v) is 8.18. The number of ether oxygens (including phenoxy) is 3. The number of halogens is 2. The molecule has 1 saturated heterocycles. The number of amides is 2. The fourth-order valence-corrected chi connectivity index (χ4v) is 4.29. The van der Waals surface area contributed by atoms with Crippen LogP contribution in [0.5, 0.6) is 17.2 Å². The molecule has 1 aliphatic heterocycles. The van der Waals surface area contributed by atoms with E-state index >= 15 is 0 Å². The van der Waals surface area contributed by atoms with Crippen molar-refractivity contribution >= 4 is 44.9 Å². The molecule has 0 bridgehead atoms. The molecule has 1 heterocycles. The summed E-state index contributed by atoms with van der Waals surface area (Å²) in [6.07, 6.45) is 1.65. The summed E-state index contributed by atoms with van der Waals surface area (Å²) in [7, 11) is 0. The number of thioether (sulfide) groups is 1. The number of carbonyl (C=O) groups excluding carboxylic acids is 2. The molecule has 0 aliphatic carbocycles. The van der Waals surface area contributed by atoms with Crippen molar-refractivity contribution in [2.75, 3.05) is 26.4 Å². The van der Waals surface area contributed by atoms with Crippen molar-refractivity contribution < 1.29 is 28.2 Å². The van der Waals surface area contributed by atoms with E-state index in [1.54, 1.807) is 18.2 Å². The second kappa shape index (κ2) is 10.7. The highest BCUT2D eigenvalue weighted by molar-refractivity contribution is 9.10. The summed E-state index contributed by atoms with van der Waals surface area (Å²) in [5, 5.41) is -0.367. The summed E-state index contributed by atoms with van der Waals surface area (Å²) in [6.45, 7) is 4.90. The summed E-state index contributed by atoms with van der Waals surface area (Å²) < 4.78 is 30.4. The van der Waals surface area contributed by atoms with Crippen molar-refractivity contribution in [3.05, 3.63) is 57.2 Å². The Balaban J connectivity index is 1.71. The van der Waals surface area contributed by atoms with Crippen molar-refractivity contribution in [1.29, 1.82) is 0 Å². The van der Waals surface area contributed by atoms with E-state index in [9.17, 15) is 14.0 Å². The normalized spacial score (nSPS) is 15.0. The van der Waals surface area contributed by atoms with Gasteiger partial charge in [0.05, 0.1) is 29.1 Å². The molecule has 2 aromatic carbocycles. The maximum Gasteiger partial charge on any atom is 0.293 e. The molecule has 0 spiro atoms. The van der Waals surface area contributed by atoms with Crippen LogP contribution < -0.4 is 14.2 Å². The molecular weight excluding hydrogens is 489 g/mol. The number of imide groups is 1. The van der Waals surface area contributed by atoms with E-state index in [0.717, 1.165) is 16.7 Å². The molecule has 6 nitrogen and oxygen atoms in total. The summed E-state index contributed by atoms with van der Waals surface area (Å²) in [5.41, 5.74) is 0.701. The SMILES string of the molecule is CCOc1cc(/C=C2\SC(=O)N(CCOc3ccc(F)cc3)C2=O)cc(Br)c1OCC. The summed E-state index contributed by atoms with van der Waals surface area (Å²) in [6, 6.07) is 9.11. The number of rotatable bonds is 9. The molecule has 0 aromatic heterocycles. The number of hydrogen-bond donors (Lipinski definition) is 0. The van der Waals surface area contributed by atoms with Gasteiger partial charge in [0, 0.05) is 0 Å². The third-order valence-electron chi connectivity index (χ3n) is 4.19. The molecule has 9 heteroatoms. The molecule has 1 aliphatic rings. The van der Waals surface area contributed by atoms with Gasteiger partial charge in [0.25, 0.3) is 11.1 Å². The van der Waals surface area contributed by atoms with Crippen LogP contribution in [-0.2, 0) is 4.79 Å². The van der Waals surface area contributed by atoms with Crippen molar-refractivity contribution in [1.82, 2.24) is 4.90 Å². The van der Waals surface area contributed by atoms with Crippen molar-refractivity contribution in [3.8, 4) is 17.2 Å². The van der Waals surface area contributed by atoms with Gasteiger partial charge in [-0.05, 0) is 89.6 Å². The zero-order valence-corrected chi connectivity index (χ0v) is 19.4. The van der Waals surface area contributed by atoms with Gasteiger partial charge in [-0.3, -0.25) is 14.5 Å². The van der Waals surface area contributed by atoms with Crippen LogP contribution in [0.3, 0.4) is 0 Å². The van der Waals surface area contributed by atoms with Crippen LogP contribution in [0.1, 0.15) is 19.4 Å². The van der Waals surface area contributed by atoms with E-state index in [4.69, 9.17) is 14.2 Å². The Hall–Kier alpha value is -2.52. The fourth-order valence-electron chi connectivity index (χ4n) is 2.85. The summed E-state index contributed by atoms with van der Waals surface area (Å²) >= 11 is 4.35. The zero-order chi connectivity index (χ0) is 22.4. The number of nitrogens with zero attached hydrogens (tertiary/aromatic N) is 1. The predicted molar refractivity (Wildman–Crippen MR) is 121 cm³/mol. The van der Waals surface area contributed by atoms with E-state index in [1.807, 2.05) is 13.8 Å². The van der Waals surface area contributed by atoms with Crippen LogP contribution in [-0.4, -0.2) is 42.4 Å². The summed E-state index contributed by atoms with van der Waals surface area (Å²) in [5.74, 6) is 0.855. The highest BCUT2D eigenvalue weighted by Crippen LogP contribution is 2.39. The van der Waals surface area contributed by atoms with Gasteiger partial charge < -0.3 is 14.2 Å². The van der Waals surface area contributed by atoms with Gasteiger partial charge in [-0.2, -0.15) is 0 Å². The molecule has 3 rings (SSSR count). The third-order valence-corrected chi connectivity index (χ3v) is 5.69. The Morgan fingerprint density at radius 3 is 2.45 bits per heavy atom. The quantitative estimate of drug-likeness (QED) is 0.415. The maximum absolute atomic E-state index is 13.0. The molecule has 0 saturated carbocycles. The van der Waals surface area contributed by atoms with Crippen molar-refractivity contribution in [2.24, 2.45) is 0 Å². The van der Waals surface area contributed by atoms with Crippen molar-refractivity contribution in [2.45, 2.75) is 13.8 Å². The smallest absolute Gasteiger partial charge is 0.293 e. The zero-order valence-electron chi connectivity index (χ0n) is 17.0. The lowest BCUT2D eigenvalue weighted by Crippen LogP contribution is -2.32. The Labute approximate surface area is 192 Å². The Morgan fingerprint density at radius 1 is 1.06 bits per heavy atom. The molecular formula is C22H21BrFNO5S. The van der Waals surface area contributed by atoms with Crippen LogP contribution in [0.25, 0.3) is 6.08 Å². The largest absolute Gasteiger partial charge is 0.492 e. The molecule has 31 heavy (non-hydrogen) atoms. The monoisotopic (exact) mass is 509 g/mol. The Bertz CT molecular complexity index is 996. The first kappa shape index (κ1) is 23.1. The number of benzene rings is 2. The summed E-state index contributed by atoms with van der Waals surface area (Å²) in [4.78, 5) is 26.5. The number of hydrogen-bond acceptors (Lipinski definition) is 6. The molecule has 0 N–H and O–H groups in total. The topological polar surface area (TPSA) is 65.1 Å². The molecule has 0 radical (unpaired) electrons. The molecule has 164 valence electrons. The Morgan fingerprint density at radius 2 is 1.77 bits per heavy atom. The van der Waals surface area contributed by atoms with Gasteiger partial charge >= 0.3 is 0 Å². The van der Waals surface area contributed by atoms with E-state index in [-0.39, 0.29) is 30.1 Å². The first-order valence-corrected chi connectivity index (χ1v) is 11.3. The lowest BCUT2D eigenvalue weighted by atomic mass is 10.2. The highest BCUT2D eigenvalue weighted by atomic mass is 79.9.